The van der Waals surface area contributed by atoms with Crippen LogP contribution >= 0.6 is 0 Å². The van der Waals surface area contributed by atoms with E-state index in [-0.39, 0.29) is 0 Å². The minimum Gasteiger partial charge on any atom is -0.295 e. The molecule has 2 rings (SSSR count). The number of nitrogens with zero attached hydrogens (tertiary/aromatic N) is 1. The zero-order valence-electron chi connectivity index (χ0n) is 9.29. The lowest BCUT2D eigenvalue weighted by molar-refractivity contribution is 0.0723. The first-order valence-electron chi connectivity index (χ1n) is 5.99. The maximum Gasteiger partial charge on any atom is 0.0104 e. The van der Waals surface area contributed by atoms with Crippen molar-refractivity contribution in [3.05, 3.63) is 0 Å². The zero-order valence-corrected chi connectivity index (χ0v) is 9.29. The summed E-state index contributed by atoms with van der Waals surface area (Å²) in [4.78, 5) is 2.78. The van der Waals surface area contributed by atoms with Crippen molar-refractivity contribution in [2.24, 2.45) is 5.92 Å². The van der Waals surface area contributed by atoms with Gasteiger partial charge in [-0.15, -0.1) is 0 Å². The summed E-state index contributed by atoms with van der Waals surface area (Å²) in [6, 6.07) is 2.64. The van der Waals surface area contributed by atoms with E-state index in [4.69, 9.17) is 0 Å². The summed E-state index contributed by atoms with van der Waals surface area (Å²) in [6.07, 6.45) is 7.30. The number of fused-ring (bicyclic) bond motifs is 2. The second-order valence-corrected chi connectivity index (χ2v) is 5.17. The Morgan fingerprint density at radius 2 is 1.69 bits per heavy atom. The quantitative estimate of drug-likeness (QED) is 0.633. The normalized spacial score (nSPS) is 40.2. The largest absolute Gasteiger partial charge is 0.295 e. The van der Waals surface area contributed by atoms with Crippen molar-refractivity contribution in [1.82, 2.24) is 4.90 Å². The molecule has 76 valence electrons. The summed E-state index contributed by atoms with van der Waals surface area (Å²) in [6.45, 7) is 7.07. The number of rotatable bonds is 2. The molecule has 0 spiro atoms. The van der Waals surface area contributed by atoms with Gasteiger partial charge in [-0.2, -0.15) is 0 Å². The molecule has 0 aliphatic carbocycles. The van der Waals surface area contributed by atoms with Gasteiger partial charge in [0.05, 0.1) is 0 Å². The minimum atomic E-state index is 0.773. The predicted octanol–water partition coefficient (Wildman–Crippen LogP) is 3.05. The van der Waals surface area contributed by atoms with Gasteiger partial charge in [0.2, 0.25) is 0 Å². The van der Waals surface area contributed by atoms with Gasteiger partial charge in [0.1, 0.15) is 0 Å². The molecule has 0 saturated carbocycles. The molecule has 1 unspecified atom stereocenters. The topological polar surface area (TPSA) is 3.24 Å². The van der Waals surface area contributed by atoms with Gasteiger partial charge >= 0.3 is 0 Å². The van der Waals surface area contributed by atoms with E-state index < -0.39 is 0 Å². The van der Waals surface area contributed by atoms with Crippen molar-refractivity contribution in [3.63, 3.8) is 0 Å². The lowest BCUT2D eigenvalue weighted by Gasteiger charge is -2.41. The molecule has 2 aliphatic heterocycles. The lowest BCUT2D eigenvalue weighted by atomic mass is 9.88. The van der Waals surface area contributed by atoms with E-state index in [1.165, 1.54) is 32.1 Å². The SMILES string of the molecule is CCC1C[C@H]2CC[C@@H](C1)N2C(C)C. The van der Waals surface area contributed by atoms with Crippen LogP contribution in [0.4, 0.5) is 0 Å². The van der Waals surface area contributed by atoms with Crippen LogP contribution in [-0.2, 0) is 0 Å². The maximum atomic E-state index is 2.78. The molecule has 2 bridgehead atoms. The fourth-order valence-electron chi connectivity index (χ4n) is 3.50. The Balaban J connectivity index is 2.04. The van der Waals surface area contributed by atoms with Crippen LogP contribution in [-0.4, -0.2) is 23.0 Å². The van der Waals surface area contributed by atoms with Crippen molar-refractivity contribution >= 4 is 0 Å². The Morgan fingerprint density at radius 3 is 2.08 bits per heavy atom. The van der Waals surface area contributed by atoms with Gasteiger partial charge in [-0.05, 0) is 45.4 Å². The molecule has 0 aromatic carbocycles. The molecule has 0 aromatic rings. The Morgan fingerprint density at radius 1 is 1.15 bits per heavy atom. The second kappa shape index (κ2) is 3.61. The maximum absolute atomic E-state index is 2.78. The zero-order chi connectivity index (χ0) is 9.42. The lowest BCUT2D eigenvalue weighted by Crippen LogP contribution is -2.46. The van der Waals surface area contributed by atoms with Gasteiger partial charge in [0, 0.05) is 18.1 Å². The molecule has 1 heteroatoms. The van der Waals surface area contributed by atoms with E-state index in [1.54, 1.807) is 0 Å². The molecule has 2 fully saturated rings. The molecule has 0 amide bonds. The monoisotopic (exact) mass is 181 g/mol. The standard InChI is InChI=1S/C12H23N/c1-4-10-7-11-5-6-12(8-10)13(11)9(2)3/h9-12H,4-8H2,1-3H3/t10?,11-,12+. The molecule has 1 nitrogen and oxygen atoms in total. The van der Waals surface area contributed by atoms with E-state index in [0.717, 1.165) is 24.0 Å². The summed E-state index contributed by atoms with van der Waals surface area (Å²) in [5.41, 5.74) is 0. The van der Waals surface area contributed by atoms with Crippen LogP contribution < -0.4 is 0 Å². The number of hydrogen-bond acceptors (Lipinski definition) is 1. The van der Waals surface area contributed by atoms with E-state index in [0.29, 0.717) is 0 Å². The first-order valence-corrected chi connectivity index (χ1v) is 5.99. The summed E-state index contributed by atoms with van der Waals surface area (Å²) >= 11 is 0. The van der Waals surface area contributed by atoms with Crippen LogP contribution in [0, 0.1) is 5.92 Å². The van der Waals surface area contributed by atoms with Crippen LogP contribution in [0.3, 0.4) is 0 Å². The average molecular weight is 181 g/mol. The van der Waals surface area contributed by atoms with Crippen molar-refractivity contribution in [2.45, 2.75) is 71.0 Å². The third-order valence-electron chi connectivity index (χ3n) is 4.06. The summed E-state index contributed by atoms with van der Waals surface area (Å²) in [7, 11) is 0. The van der Waals surface area contributed by atoms with Gasteiger partial charge in [0.15, 0.2) is 0 Å². The molecular weight excluding hydrogens is 158 g/mol. The first-order chi connectivity index (χ1) is 6.22. The molecular formula is C12H23N. The van der Waals surface area contributed by atoms with Gasteiger partial charge < -0.3 is 0 Å². The highest BCUT2D eigenvalue weighted by Crippen LogP contribution is 2.40. The van der Waals surface area contributed by atoms with Crippen LogP contribution in [0.2, 0.25) is 0 Å². The van der Waals surface area contributed by atoms with E-state index in [1.807, 2.05) is 0 Å². The highest BCUT2D eigenvalue weighted by Gasteiger charge is 2.40. The fourth-order valence-corrected chi connectivity index (χ4v) is 3.50. The van der Waals surface area contributed by atoms with E-state index in [9.17, 15) is 0 Å². The molecule has 13 heavy (non-hydrogen) atoms. The highest BCUT2D eigenvalue weighted by atomic mass is 15.2. The number of hydrogen-bond donors (Lipinski definition) is 0. The fraction of sp³-hybridized carbons (Fsp3) is 1.00. The van der Waals surface area contributed by atoms with Gasteiger partial charge in [0.25, 0.3) is 0 Å². The first kappa shape index (κ1) is 9.51. The van der Waals surface area contributed by atoms with Crippen molar-refractivity contribution < 1.29 is 0 Å². The molecule has 2 aliphatic rings. The summed E-state index contributed by atoms with van der Waals surface area (Å²) in [5.74, 6) is 1.03. The van der Waals surface area contributed by atoms with Gasteiger partial charge in [-0.25, -0.2) is 0 Å². The average Bonchev–Trinajstić information content (AvgIpc) is 2.37. The smallest absolute Gasteiger partial charge is 0.0104 e. The van der Waals surface area contributed by atoms with Crippen molar-refractivity contribution in [3.8, 4) is 0 Å². The third-order valence-corrected chi connectivity index (χ3v) is 4.06. The van der Waals surface area contributed by atoms with Crippen LogP contribution in [0.25, 0.3) is 0 Å². The molecule has 2 saturated heterocycles. The minimum absolute atomic E-state index is 0.773. The van der Waals surface area contributed by atoms with Crippen molar-refractivity contribution in [1.29, 1.82) is 0 Å². The van der Waals surface area contributed by atoms with Crippen LogP contribution in [0.5, 0.6) is 0 Å². The molecule has 2 heterocycles. The Bertz CT molecular complexity index is 162. The summed E-state index contributed by atoms with van der Waals surface area (Å²) in [5, 5.41) is 0. The molecule has 3 atom stereocenters. The second-order valence-electron chi connectivity index (χ2n) is 5.17. The van der Waals surface area contributed by atoms with E-state index >= 15 is 0 Å². The molecule has 0 radical (unpaired) electrons. The molecule has 0 N–H and O–H groups in total. The molecule has 0 aromatic heterocycles. The Labute approximate surface area is 82.5 Å². The van der Waals surface area contributed by atoms with Gasteiger partial charge in [-0.1, -0.05) is 13.3 Å². The summed E-state index contributed by atoms with van der Waals surface area (Å²) < 4.78 is 0. The highest BCUT2D eigenvalue weighted by molar-refractivity contribution is 4.95. The van der Waals surface area contributed by atoms with Crippen LogP contribution in [0.15, 0.2) is 0 Å². The Hall–Kier alpha value is -0.0400. The van der Waals surface area contributed by atoms with Crippen molar-refractivity contribution in [2.75, 3.05) is 0 Å². The van der Waals surface area contributed by atoms with Gasteiger partial charge in [-0.3, -0.25) is 4.90 Å². The number of piperidine rings is 1. The van der Waals surface area contributed by atoms with Crippen LogP contribution in [0.1, 0.15) is 52.9 Å². The third kappa shape index (κ3) is 1.63. The van der Waals surface area contributed by atoms with E-state index in [2.05, 4.69) is 25.7 Å². The Kier molecular flexibility index (Phi) is 2.64. The predicted molar refractivity (Wildman–Crippen MR) is 56.8 cm³/mol.